The average Bonchev–Trinajstić information content (AvgIpc) is 2.84. The molecule has 0 radical (unpaired) electrons. The van der Waals surface area contributed by atoms with Gasteiger partial charge in [0.25, 0.3) is 0 Å². The zero-order valence-corrected chi connectivity index (χ0v) is 12.4. The highest BCUT2D eigenvalue weighted by Crippen LogP contribution is 2.24. The molecule has 0 aliphatic rings. The van der Waals surface area contributed by atoms with E-state index in [1.54, 1.807) is 18.2 Å². The second kappa shape index (κ2) is 5.52. The van der Waals surface area contributed by atoms with Crippen LogP contribution in [0.15, 0.2) is 40.9 Å². The molecule has 112 valence electrons. The number of fused-ring (bicyclic) bond motifs is 1. The van der Waals surface area contributed by atoms with Crippen molar-refractivity contribution >= 4 is 22.6 Å². The first-order valence-electron chi connectivity index (χ1n) is 6.98. The standard InChI is InChI=1S/C17H16N2O3/c1-10-7-12-14(19-22-16(12)8-11(10)2)9-17(21)18-13-5-3-4-6-15(13)20/h3-8,20H,9H2,1-2H3,(H,18,21). The lowest BCUT2D eigenvalue weighted by Crippen LogP contribution is -2.14. The second-order valence-corrected chi connectivity index (χ2v) is 5.30. The first-order valence-corrected chi connectivity index (χ1v) is 6.98. The fourth-order valence-corrected chi connectivity index (χ4v) is 2.30. The molecule has 0 atom stereocenters. The van der Waals surface area contributed by atoms with Crippen LogP contribution in [0.2, 0.25) is 0 Å². The molecular weight excluding hydrogens is 280 g/mol. The number of hydrogen-bond acceptors (Lipinski definition) is 4. The Balaban J connectivity index is 1.83. The maximum Gasteiger partial charge on any atom is 0.230 e. The van der Waals surface area contributed by atoms with Gasteiger partial charge in [-0.3, -0.25) is 4.79 Å². The summed E-state index contributed by atoms with van der Waals surface area (Å²) >= 11 is 0. The van der Waals surface area contributed by atoms with Crippen LogP contribution >= 0.6 is 0 Å². The van der Waals surface area contributed by atoms with Gasteiger partial charge in [0, 0.05) is 5.39 Å². The number of nitrogens with one attached hydrogen (secondary N) is 1. The summed E-state index contributed by atoms with van der Waals surface area (Å²) in [6.45, 7) is 4.01. The minimum absolute atomic E-state index is 0.0346. The molecule has 22 heavy (non-hydrogen) atoms. The zero-order chi connectivity index (χ0) is 15.7. The van der Waals surface area contributed by atoms with Crippen molar-refractivity contribution in [2.45, 2.75) is 20.3 Å². The summed E-state index contributed by atoms with van der Waals surface area (Å²) in [6, 6.07) is 10.5. The molecule has 5 nitrogen and oxygen atoms in total. The molecule has 1 amide bonds. The summed E-state index contributed by atoms with van der Waals surface area (Å²) in [5.41, 5.74) is 3.89. The number of phenolic OH excluding ortho intramolecular Hbond substituents is 1. The number of aryl methyl sites for hydroxylation is 2. The summed E-state index contributed by atoms with van der Waals surface area (Å²) < 4.78 is 5.28. The quantitative estimate of drug-likeness (QED) is 0.727. The van der Waals surface area contributed by atoms with Crippen LogP contribution in [-0.2, 0) is 11.2 Å². The number of carbonyl (C=O) groups excluding carboxylic acids is 1. The number of hydrogen-bond donors (Lipinski definition) is 2. The molecule has 0 saturated heterocycles. The number of rotatable bonds is 3. The monoisotopic (exact) mass is 296 g/mol. The Morgan fingerprint density at radius 1 is 1.23 bits per heavy atom. The molecule has 5 heteroatoms. The van der Waals surface area contributed by atoms with E-state index in [-0.39, 0.29) is 18.1 Å². The van der Waals surface area contributed by atoms with Gasteiger partial charge in [-0.1, -0.05) is 17.3 Å². The van der Waals surface area contributed by atoms with Gasteiger partial charge >= 0.3 is 0 Å². The number of benzene rings is 2. The molecule has 0 unspecified atom stereocenters. The van der Waals surface area contributed by atoms with E-state index in [9.17, 15) is 9.90 Å². The van der Waals surface area contributed by atoms with E-state index in [0.29, 0.717) is 17.0 Å². The Hall–Kier alpha value is -2.82. The lowest BCUT2D eigenvalue weighted by atomic mass is 10.1. The molecular formula is C17H16N2O3. The normalized spacial score (nSPS) is 10.8. The number of aromatic nitrogens is 1. The molecule has 0 aliphatic heterocycles. The van der Waals surface area contributed by atoms with Crippen molar-refractivity contribution in [2.24, 2.45) is 0 Å². The van der Waals surface area contributed by atoms with Crippen molar-refractivity contribution in [3.05, 3.63) is 53.2 Å². The van der Waals surface area contributed by atoms with Crippen molar-refractivity contribution in [1.29, 1.82) is 0 Å². The Morgan fingerprint density at radius 2 is 1.95 bits per heavy atom. The van der Waals surface area contributed by atoms with Crippen LogP contribution in [0.25, 0.3) is 11.0 Å². The highest BCUT2D eigenvalue weighted by molar-refractivity contribution is 5.95. The van der Waals surface area contributed by atoms with Crippen LogP contribution in [0.3, 0.4) is 0 Å². The van der Waals surface area contributed by atoms with Crippen LogP contribution in [0.1, 0.15) is 16.8 Å². The van der Waals surface area contributed by atoms with Crippen molar-refractivity contribution < 1.29 is 14.4 Å². The van der Waals surface area contributed by atoms with E-state index in [1.165, 1.54) is 6.07 Å². The van der Waals surface area contributed by atoms with E-state index in [4.69, 9.17) is 4.52 Å². The van der Waals surface area contributed by atoms with Gasteiger partial charge in [-0.25, -0.2) is 0 Å². The second-order valence-electron chi connectivity index (χ2n) is 5.30. The lowest BCUT2D eigenvalue weighted by molar-refractivity contribution is -0.115. The van der Waals surface area contributed by atoms with Crippen LogP contribution in [-0.4, -0.2) is 16.2 Å². The Labute approximate surface area is 127 Å². The van der Waals surface area contributed by atoms with E-state index < -0.39 is 0 Å². The van der Waals surface area contributed by atoms with Gasteiger partial charge in [-0.15, -0.1) is 0 Å². The highest BCUT2D eigenvalue weighted by atomic mass is 16.5. The topological polar surface area (TPSA) is 75.4 Å². The number of carbonyl (C=O) groups is 1. The van der Waals surface area contributed by atoms with Crippen molar-refractivity contribution in [3.63, 3.8) is 0 Å². The average molecular weight is 296 g/mol. The number of nitrogens with zero attached hydrogens (tertiary/aromatic N) is 1. The predicted octanol–water partition coefficient (Wildman–Crippen LogP) is 3.33. The Kier molecular flexibility index (Phi) is 3.55. The van der Waals surface area contributed by atoms with Gasteiger partial charge in [0.15, 0.2) is 5.58 Å². The van der Waals surface area contributed by atoms with E-state index in [0.717, 1.165) is 16.5 Å². The SMILES string of the molecule is Cc1cc2onc(CC(=O)Nc3ccccc3O)c2cc1C. The molecule has 0 bridgehead atoms. The predicted molar refractivity (Wildman–Crippen MR) is 83.9 cm³/mol. The van der Waals surface area contributed by atoms with Gasteiger partial charge in [0.1, 0.15) is 11.4 Å². The minimum Gasteiger partial charge on any atom is -0.506 e. The molecule has 0 aliphatic carbocycles. The molecule has 1 heterocycles. The third-order valence-corrected chi connectivity index (χ3v) is 3.67. The summed E-state index contributed by atoms with van der Waals surface area (Å²) in [7, 11) is 0. The fourth-order valence-electron chi connectivity index (χ4n) is 2.30. The first-order chi connectivity index (χ1) is 10.5. The molecule has 2 aromatic carbocycles. The fraction of sp³-hybridized carbons (Fsp3) is 0.176. The summed E-state index contributed by atoms with van der Waals surface area (Å²) in [6.07, 6.45) is 0.0871. The van der Waals surface area contributed by atoms with Gasteiger partial charge < -0.3 is 14.9 Å². The minimum atomic E-state index is -0.255. The molecule has 0 saturated carbocycles. The summed E-state index contributed by atoms with van der Waals surface area (Å²) in [5, 5.41) is 17.2. The summed E-state index contributed by atoms with van der Waals surface area (Å²) in [5.74, 6) is -0.220. The number of anilines is 1. The third-order valence-electron chi connectivity index (χ3n) is 3.67. The lowest BCUT2D eigenvalue weighted by Gasteiger charge is -2.06. The van der Waals surface area contributed by atoms with Gasteiger partial charge in [0.2, 0.25) is 5.91 Å². The molecule has 0 spiro atoms. The largest absolute Gasteiger partial charge is 0.506 e. The molecule has 1 aromatic heterocycles. The molecule has 3 rings (SSSR count). The molecule has 2 N–H and O–H groups in total. The first kappa shape index (κ1) is 14.1. The number of aromatic hydroxyl groups is 1. The molecule has 0 fully saturated rings. The van der Waals surface area contributed by atoms with Gasteiger partial charge in [0.05, 0.1) is 12.1 Å². The number of phenols is 1. The van der Waals surface area contributed by atoms with Crippen LogP contribution in [0.4, 0.5) is 5.69 Å². The zero-order valence-electron chi connectivity index (χ0n) is 12.4. The van der Waals surface area contributed by atoms with Crippen LogP contribution in [0.5, 0.6) is 5.75 Å². The smallest absolute Gasteiger partial charge is 0.230 e. The van der Waals surface area contributed by atoms with E-state index >= 15 is 0 Å². The number of para-hydroxylation sites is 2. The third kappa shape index (κ3) is 2.65. The maximum absolute atomic E-state index is 12.1. The van der Waals surface area contributed by atoms with Crippen LogP contribution < -0.4 is 5.32 Å². The van der Waals surface area contributed by atoms with E-state index in [2.05, 4.69) is 10.5 Å². The van der Waals surface area contributed by atoms with Gasteiger partial charge in [-0.05, 0) is 49.2 Å². The summed E-state index contributed by atoms with van der Waals surface area (Å²) in [4.78, 5) is 12.1. The Morgan fingerprint density at radius 3 is 2.73 bits per heavy atom. The van der Waals surface area contributed by atoms with Crippen LogP contribution in [0, 0.1) is 13.8 Å². The van der Waals surface area contributed by atoms with E-state index in [1.807, 2.05) is 26.0 Å². The van der Waals surface area contributed by atoms with Gasteiger partial charge in [-0.2, -0.15) is 0 Å². The maximum atomic E-state index is 12.1. The van der Waals surface area contributed by atoms with Crippen molar-refractivity contribution in [1.82, 2.24) is 5.16 Å². The van der Waals surface area contributed by atoms with Crippen molar-refractivity contribution in [2.75, 3.05) is 5.32 Å². The Bertz CT molecular complexity index is 852. The molecule has 3 aromatic rings. The van der Waals surface area contributed by atoms with Crippen molar-refractivity contribution in [3.8, 4) is 5.75 Å². The highest BCUT2D eigenvalue weighted by Gasteiger charge is 2.14. The number of amides is 1.